The van der Waals surface area contributed by atoms with Gasteiger partial charge in [-0.25, -0.2) is 4.99 Å². The van der Waals surface area contributed by atoms with E-state index in [0.717, 1.165) is 5.70 Å². The lowest BCUT2D eigenvalue weighted by molar-refractivity contribution is 0.884. The molecule has 0 saturated heterocycles. The van der Waals surface area contributed by atoms with Crippen molar-refractivity contribution in [2.75, 3.05) is 0 Å². The van der Waals surface area contributed by atoms with Crippen LogP contribution in [0.1, 0.15) is 20.8 Å². The van der Waals surface area contributed by atoms with Crippen LogP contribution in [-0.2, 0) is 0 Å². The molecule has 1 aliphatic heterocycles. The van der Waals surface area contributed by atoms with Gasteiger partial charge in [0.1, 0.15) is 0 Å². The largest absolute Gasteiger partial charge is 0.378 e. The first kappa shape index (κ1) is 7.66. The molecule has 0 bridgehead atoms. The van der Waals surface area contributed by atoms with E-state index in [4.69, 9.17) is 5.73 Å². The summed E-state index contributed by atoms with van der Waals surface area (Å²) in [6.07, 6.45) is 2.12. The summed E-state index contributed by atoms with van der Waals surface area (Å²) in [5.74, 6) is 0. The number of amidine groups is 1. The number of hydrogen-bond acceptors (Lipinski definition) is 3. The Morgan fingerprint density at radius 3 is 2.60 bits per heavy atom. The standard InChI is InChI=1S/C7H12N2S/c1-5-4-7(2,3)10-6(8)9-5/h4H,1-3H3,(H2,8,9). The average Bonchev–Trinajstić information content (AvgIpc) is 1.54. The normalized spacial score (nSPS) is 23.5. The van der Waals surface area contributed by atoms with Gasteiger partial charge in [-0.15, -0.1) is 0 Å². The van der Waals surface area contributed by atoms with Crippen LogP contribution in [-0.4, -0.2) is 9.91 Å². The predicted molar refractivity (Wildman–Crippen MR) is 47.0 cm³/mol. The molecule has 56 valence electrons. The number of aliphatic imine (C=N–C) groups is 1. The highest BCUT2D eigenvalue weighted by Gasteiger charge is 2.20. The third-order valence-corrected chi connectivity index (χ3v) is 2.16. The Morgan fingerprint density at radius 2 is 2.20 bits per heavy atom. The SMILES string of the molecule is CC1=CC(C)(C)SC(N)=N1. The highest BCUT2D eigenvalue weighted by molar-refractivity contribution is 8.15. The minimum Gasteiger partial charge on any atom is -0.378 e. The third-order valence-electron chi connectivity index (χ3n) is 1.21. The molecule has 0 radical (unpaired) electrons. The number of allylic oxidation sites excluding steroid dienone is 1. The first-order valence-electron chi connectivity index (χ1n) is 3.22. The van der Waals surface area contributed by atoms with Gasteiger partial charge in [0.2, 0.25) is 0 Å². The van der Waals surface area contributed by atoms with Crippen LogP contribution >= 0.6 is 11.8 Å². The van der Waals surface area contributed by atoms with Crippen molar-refractivity contribution in [3.05, 3.63) is 11.8 Å². The Balaban J connectivity index is 2.88. The van der Waals surface area contributed by atoms with E-state index in [1.807, 2.05) is 6.92 Å². The lowest BCUT2D eigenvalue weighted by Gasteiger charge is -2.22. The molecule has 1 aliphatic rings. The number of nitrogens with two attached hydrogens (primary N) is 1. The average molecular weight is 156 g/mol. The van der Waals surface area contributed by atoms with Crippen molar-refractivity contribution < 1.29 is 0 Å². The third kappa shape index (κ3) is 1.77. The molecule has 3 heteroatoms. The lowest BCUT2D eigenvalue weighted by atomic mass is 10.2. The molecule has 0 saturated carbocycles. The Hall–Kier alpha value is -0.440. The highest BCUT2D eigenvalue weighted by atomic mass is 32.2. The molecule has 2 nitrogen and oxygen atoms in total. The molecule has 0 atom stereocenters. The van der Waals surface area contributed by atoms with Crippen LogP contribution in [0.25, 0.3) is 0 Å². The molecule has 1 rings (SSSR count). The second-order valence-electron chi connectivity index (χ2n) is 2.94. The number of rotatable bonds is 0. The fourth-order valence-corrected chi connectivity index (χ4v) is 1.99. The summed E-state index contributed by atoms with van der Waals surface area (Å²) in [5.41, 5.74) is 6.59. The van der Waals surface area contributed by atoms with E-state index in [-0.39, 0.29) is 4.75 Å². The summed E-state index contributed by atoms with van der Waals surface area (Å²) in [6.45, 7) is 6.22. The Morgan fingerprint density at radius 1 is 1.60 bits per heavy atom. The summed E-state index contributed by atoms with van der Waals surface area (Å²) in [7, 11) is 0. The molecular formula is C7H12N2S. The maximum Gasteiger partial charge on any atom is 0.159 e. The van der Waals surface area contributed by atoms with Gasteiger partial charge in [0, 0.05) is 10.4 Å². The fourth-order valence-electron chi connectivity index (χ4n) is 1.03. The molecule has 0 aromatic carbocycles. The molecule has 0 unspecified atom stereocenters. The lowest BCUT2D eigenvalue weighted by Crippen LogP contribution is -2.22. The Kier molecular flexibility index (Phi) is 1.77. The zero-order valence-corrected chi connectivity index (χ0v) is 7.33. The Bertz CT molecular complexity index is 204. The van der Waals surface area contributed by atoms with Crippen molar-refractivity contribution in [2.45, 2.75) is 25.5 Å². The minimum atomic E-state index is 0.121. The molecular weight excluding hydrogens is 144 g/mol. The molecule has 0 spiro atoms. The van der Waals surface area contributed by atoms with Crippen molar-refractivity contribution in [3.63, 3.8) is 0 Å². The van der Waals surface area contributed by atoms with Gasteiger partial charge < -0.3 is 5.73 Å². The zero-order valence-electron chi connectivity index (χ0n) is 6.51. The topological polar surface area (TPSA) is 38.4 Å². The Labute approximate surface area is 65.6 Å². The molecule has 0 aliphatic carbocycles. The summed E-state index contributed by atoms with van der Waals surface area (Å²) in [5, 5.41) is 0.671. The van der Waals surface area contributed by atoms with Gasteiger partial charge in [0.15, 0.2) is 5.17 Å². The number of hydrogen-bond donors (Lipinski definition) is 1. The van der Waals surface area contributed by atoms with Crippen molar-refractivity contribution in [1.82, 2.24) is 0 Å². The van der Waals surface area contributed by atoms with Crippen LogP contribution < -0.4 is 5.73 Å². The van der Waals surface area contributed by atoms with E-state index in [1.54, 1.807) is 11.8 Å². The fraction of sp³-hybridized carbons (Fsp3) is 0.571. The molecule has 10 heavy (non-hydrogen) atoms. The maximum atomic E-state index is 5.57. The molecule has 2 N–H and O–H groups in total. The summed E-state index contributed by atoms with van der Waals surface area (Å²) < 4.78 is 0.121. The quantitative estimate of drug-likeness (QED) is 0.580. The van der Waals surface area contributed by atoms with Crippen molar-refractivity contribution >= 4 is 16.9 Å². The molecule has 0 fully saturated rings. The first-order chi connectivity index (χ1) is 4.49. The van der Waals surface area contributed by atoms with Gasteiger partial charge in [-0.2, -0.15) is 0 Å². The molecule has 0 amide bonds. The van der Waals surface area contributed by atoms with E-state index < -0.39 is 0 Å². The van der Waals surface area contributed by atoms with Gasteiger partial charge >= 0.3 is 0 Å². The van der Waals surface area contributed by atoms with Gasteiger partial charge in [-0.1, -0.05) is 11.8 Å². The van der Waals surface area contributed by atoms with E-state index >= 15 is 0 Å². The van der Waals surface area contributed by atoms with Crippen LogP contribution in [0.5, 0.6) is 0 Å². The van der Waals surface area contributed by atoms with Gasteiger partial charge in [-0.05, 0) is 26.8 Å². The summed E-state index contributed by atoms with van der Waals surface area (Å²) in [6, 6.07) is 0. The minimum absolute atomic E-state index is 0.121. The molecule has 1 heterocycles. The summed E-state index contributed by atoms with van der Waals surface area (Å²) >= 11 is 1.60. The predicted octanol–water partition coefficient (Wildman–Crippen LogP) is 1.73. The van der Waals surface area contributed by atoms with Gasteiger partial charge in [-0.3, -0.25) is 0 Å². The van der Waals surface area contributed by atoms with Crippen molar-refractivity contribution in [1.29, 1.82) is 0 Å². The highest BCUT2D eigenvalue weighted by Crippen LogP contribution is 2.30. The van der Waals surface area contributed by atoms with Crippen LogP contribution in [0.15, 0.2) is 16.8 Å². The van der Waals surface area contributed by atoms with E-state index in [0.29, 0.717) is 5.17 Å². The monoisotopic (exact) mass is 156 g/mol. The van der Waals surface area contributed by atoms with Gasteiger partial charge in [0.05, 0.1) is 0 Å². The number of thioether (sulfide) groups is 1. The van der Waals surface area contributed by atoms with Gasteiger partial charge in [0.25, 0.3) is 0 Å². The van der Waals surface area contributed by atoms with Crippen LogP contribution in [0, 0.1) is 0 Å². The van der Waals surface area contributed by atoms with E-state index in [1.165, 1.54) is 0 Å². The zero-order chi connectivity index (χ0) is 7.78. The first-order valence-corrected chi connectivity index (χ1v) is 4.04. The van der Waals surface area contributed by atoms with E-state index in [2.05, 4.69) is 24.9 Å². The molecule has 0 aromatic rings. The van der Waals surface area contributed by atoms with E-state index in [9.17, 15) is 0 Å². The smallest absolute Gasteiger partial charge is 0.159 e. The second-order valence-corrected chi connectivity index (χ2v) is 4.62. The maximum absolute atomic E-state index is 5.57. The summed E-state index contributed by atoms with van der Waals surface area (Å²) in [4.78, 5) is 4.10. The van der Waals surface area contributed by atoms with Crippen LogP contribution in [0.4, 0.5) is 0 Å². The van der Waals surface area contributed by atoms with Crippen LogP contribution in [0.2, 0.25) is 0 Å². The van der Waals surface area contributed by atoms with Crippen molar-refractivity contribution in [3.8, 4) is 0 Å². The molecule has 0 aromatic heterocycles. The van der Waals surface area contributed by atoms with Crippen LogP contribution in [0.3, 0.4) is 0 Å². The second kappa shape index (κ2) is 2.31. The van der Waals surface area contributed by atoms with Crippen molar-refractivity contribution in [2.24, 2.45) is 10.7 Å². The number of nitrogens with zero attached hydrogens (tertiary/aromatic N) is 1.